The van der Waals surface area contributed by atoms with Crippen LogP contribution in [0.4, 0.5) is 0 Å². The van der Waals surface area contributed by atoms with Gasteiger partial charge in [0.2, 0.25) is 0 Å². The molecule has 1 fully saturated rings. The molecule has 1 aliphatic rings. The molecular weight excluding hydrogens is 196 g/mol. The molecule has 2 nitrogen and oxygen atoms in total. The molecule has 1 saturated heterocycles. The van der Waals surface area contributed by atoms with Crippen molar-refractivity contribution in [3.05, 3.63) is 0 Å². The number of rotatable bonds is 5. The highest BCUT2D eigenvalue weighted by Crippen LogP contribution is 2.20. The largest absolute Gasteiger partial charge is 0.303 e. The first-order valence-corrected chi connectivity index (χ1v) is 6.98. The van der Waals surface area contributed by atoms with Crippen LogP contribution in [0.2, 0.25) is 0 Å². The zero-order valence-electron chi connectivity index (χ0n) is 11.9. The molecule has 1 rings (SSSR count). The molecule has 1 aliphatic heterocycles. The Morgan fingerprint density at radius 1 is 1.19 bits per heavy atom. The van der Waals surface area contributed by atoms with E-state index in [0.29, 0.717) is 0 Å². The van der Waals surface area contributed by atoms with Gasteiger partial charge in [-0.2, -0.15) is 0 Å². The molecule has 0 amide bonds. The molecule has 0 N–H and O–H groups in total. The van der Waals surface area contributed by atoms with Gasteiger partial charge in [0.15, 0.2) is 0 Å². The van der Waals surface area contributed by atoms with Gasteiger partial charge in [-0.3, -0.25) is 0 Å². The lowest BCUT2D eigenvalue weighted by Crippen LogP contribution is -2.42. The Bertz CT molecular complexity index is 183. The van der Waals surface area contributed by atoms with Crippen LogP contribution in [-0.4, -0.2) is 48.6 Å². The number of nitrogens with zero attached hydrogens (tertiary/aromatic N) is 2. The average Bonchev–Trinajstić information content (AvgIpc) is 2.28. The number of likely N-dealkylation sites (tertiary alicyclic amines) is 1. The molecule has 0 aromatic rings. The highest BCUT2D eigenvalue weighted by Gasteiger charge is 2.22. The summed E-state index contributed by atoms with van der Waals surface area (Å²) in [6, 6.07) is 1.47. The van der Waals surface area contributed by atoms with Gasteiger partial charge >= 0.3 is 0 Å². The van der Waals surface area contributed by atoms with Gasteiger partial charge in [-0.1, -0.05) is 6.92 Å². The fraction of sp³-hybridized carbons (Fsp3) is 1.00. The number of hydrogen-bond acceptors (Lipinski definition) is 2. The van der Waals surface area contributed by atoms with Crippen LogP contribution in [0.15, 0.2) is 0 Å². The molecule has 1 heterocycles. The van der Waals surface area contributed by atoms with Crippen LogP contribution in [0.1, 0.15) is 47.0 Å². The molecule has 0 spiro atoms. The lowest BCUT2D eigenvalue weighted by Gasteiger charge is -2.37. The molecule has 0 radical (unpaired) electrons. The van der Waals surface area contributed by atoms with E-state index in [1.807, 2.05) is 0 Å². The molecule has 96 valence electrons. The second-order valence-corrected chi connectivity index (χ2v) is 5.77. The lowest BCUT2D eigenvalue weighted by atomic mass is 9.95. The Labute approximate surface area is 102 Å². The van der Waals surface area contributed by atoms with Gasteiger partial charge in [0.1, 0.15) is 0 Å². The van der Waals surface area contributed by atoms with Gasteiger partial charge in [0.05, 0.1) is 0 Å². The SMILES string of the molecule is CCC(C)N(C)CC1CCN(C(C)C)CC1. The molecule has 2 heteroatoms. The van der Waals surface area contributed by atoms with E-state index in [1.54, 1.807) is 0 Å². The first-order valence-electron chi connectivity index (χ1n) is 6.98. The minimum Gasteiger partial charge on any atom is -0.303 e. The molecule has 0 aromatic carbocycles. The molecule has 16 heavy (non-hydrogen) atoms. The summed E-state index contributed by atoms with van der Waals surface area (Å²) in [5.41, 5.74) is 0. The van der Waals surface area contributed by atoms with Crippen molar-refractivity contribution in [2.45, 2.75) is 59.0 Å². The lowest BCUT2D eigenvalue weighted by molar-refractivity contribution is 0.118. The van der Waals surface area contributed by atoms with Crippen molar-refractivity contribution in [1.82, 2.24) is 9.80 Å². The molecule has 0 bridgehead atoms. The third-order valence-electron chi connectivity index (χ3n) is 4.27. The van der Waals surface area contributed by atoms with Gasteiger partial charge in [-0.05, 0) is 66.1 Å². The summed E-state index contributed by atoms with van der Waals surface area (Å²) in [7, 11) is 2.28. The summed E-state index contributed by atoms with van der Waals surface area (Å²) in [6.07, 6.45) is 4.04. The topological polar surface area (TPSA) is 6.48 Å². The van der Waals surface area contributed by atoms with Crippen LogP contribution < -0.4 is 0 Å². The minimum atomic E-state index is 0.730. The van der Waals surface area contributed by atoms with Gasteiger partial charge in [0, 0.05) is 18.6 Å². The van der Waals surface area contributed by atoms with Crippen LogP contribution >= 0.6 is 0 Å². The Morgan fingerprint density at radius 3 is 2.19 bits per heavy atom. The Kier molecular flexibility index (Phi) is 5.77. The standard InChI is InChI=1S/C14H30N2/c1-6-13(4)15(5)11-14-7-9-16(10-8-14)12(2)3/h12-14H,6-11H2,1-5H3. The second-order valence-electron chi connectivity index (χ2n) is 5.77. The van der Waals surface area contributed by atoms with E-state index in [0.717, 1.165) is 18.0 Å². The van der Waals surface area contributed by atoms with Crippen LogP contribution in [0.3, 0.4) is 0 Å². The summed E-state index contributed by atoms with van der Waals surface area (Å²) in [5.74, 6) is 0.925. The van der Waals surface area contributed by atoms with E-state index in [4.69, 9.17) is 0 Å². The fourth-order valence-corrected chi connectivity index (χ4v) is 2.55. The van der Waals surface area contributed by atoms with Crippen molar-refractivity contribution in [2.24, 2.45) is 5.92 Å². The summed E-state index contributed by atoms with van der Waals surface area (Å²) < 4.78 is 0. The van der Waals surface area contributed by atoms with E-state index in [2.05, 4.69) is 44.5 Å². The van der Waals surface area contributed by atoms with E-state index in [-0.39, 0.29) is 0 Å². The normalized spacial score (nSPS) is 21.9. The summed E-state index contributed by atoms with van der Waals surface area (Å²) in [5, 5.41) is 0. The average molecular weight is 226 g/mol. The van der Waals surface area contributed by atoms with Crippen LogP contribution in [0, 0.1) is 5.92 Å². The summed E-state index contributed by atoms with van der Waals surface area (Å²) in [4.78, 5) is 5.15. The Balaban J connectivity index is 2.26. The molecule has 0 saturated carbocycles. The van der Waals surface area contributed by atoms with Crippen LogP contribution in [-0.2, 0) is 0 Å². The predicted molar refractivity (Wildman–Crippen MR) is 71.8 cm³/mol. The summed E-state index contributed by atoms with van der Waals surface area (Å²) >= 11 is 0. The van der Waals surface area contributed by atoms with E-state index in [9.17, 15) is 0 Å². The van der Waals surface area contributed by atoms with E-state index >= 15 is 0 Å². The number of piperidine rings is 1. The fourth-order valence-electron chi connectivity index (χ4n) is 2.55. The molecule has 0 aromatic heterocycles. The third-order valence-corrected chi connectivity index (χ3v) is 4.27. The molecule has 1 atom stereocenters. The Morgan fingerprint density at radius 2 is 1.75 bits per heavy atom. The van der Waals surface area contributed by atoms with E-state index in [1.165, 1.54) is 38.9 Å². The van der Waals surface area contributed by atoms with Crippen molar-refractivity contribution >= 4 is 0 Å². The summed E-state index contributed by atoms with van der Waals surface area (Å²) in [6.45, 7) is 13.1. The highest BCUT2D eigenvalue weighted by molar-refractivity contribution is 4.77. The van der Waals surface area contributed by atoms with Crippen molar-refractivity contribution in [3.63, 3.8) is 0 Å². The smallest absolute Gasteiger partial charge is 0.00613 e. The predicted octanol–water partition coefficient (Wildman–Crippen LogP) is 2.84. The molecule has 1 unspecified atom stereocenters. The third kappa shape index (κ3) is 4.06. The second kappa shape index (κ2) is 6.61. The molecular formula is C14H30N2. The Hall–Kier alpha value is -0.0800. The maximum absolute atomic E-state index is 2.61. The monoisotopic (exact) mass is 226 g/mol. The maximum atomic E-state index is 2.61. The van der Waals surface area contributed by atoms with Gasteiger partial charge < -0.3 is 9.80 Å². The van der Waals surface area contributed by atoms with Crippen molar-refractivity contribution in [1.29, 1.82) is 0 Å². The quantitative estimate of drug-likeness (QED) is 0.711. The first-order chi connectivity index (χ1) is 7.54. The van der Waals surface area contributed by atoms with E-state index < -0.39 is 0 Å². The van der Waals surface area contributed by atoms with Crippen molar-refractivity contribution in [2.75, 3.05) is 26.7 Å². The van der Waals surface area contributed by atoms with Crippen molar-refractivity contribution in [3.8, 4) is 0 Å². The zero-order chi connectivity index (χ0) is 12.1. The minimum absolute atomic E-state index is 0.730. The maximum Gasteiger partial charge on any atom is 0.00613 e. The van der Waals surface area contributed by atoms with Crippen molar-refractivity contribution < 1.29 is 0 Å². The molecule has 0 aliphatic carbocycles. The highest BCUT2D eigenvalue weighted by atomic mass is 15.2. The van der Waals surface area contributed by atoms with Gasteiger partial charge in [0.25, 0.3) is 0 Å². The first kappa shape index (κ1) is 14.0. The van der Waals surface area contributed by atoms with Gasteiger partial charge in [-0.15, -0.1) is 0 Å². The zero-order valence-corrected chi connectivity index (χ0v) is 11.9. The number of hydrogen-bond donors (Lipinski definition) is 0. The van der Waals surface area contributed by atoms with Crippen LogP contribution in [0.25, 0.3) is 0 Å². The van der Waals surface area contributed by atoms with Gasteiger partial charge in [-0.25, -0.2) is 0 Å². The van der Waals surface area contributed by atoms with Crippen LogP contribution in [0.5, 0.6) is 0 Å².